The largest absolute Gasteiger partial charge is 0.504 e. The number of methoxy groups -OCH3 is 2. The van der Waals surface area contributed by atoms with E-state index in [1.807, 2.05) is 24.3 Å². The van der Waals surface area contributed by atoms with Crippen LogP contribution in [0, 0.1) is 5.82 Å². The molecule has 22 heavy (non-hydrogen) atoms. The van der Waals surface area contributed by atoms with Crippen LogP contribution in [0.1, 0.15) is 15.9 Å². The first-order valence-corrected chi connectivity index (χ1v) is 7.40. The fourth-order valence-corrected chi connectivity index (χ4v) is 2.76. The molecule has 0 spiro atoms. The van der Waals surface area contributed by atoms with E-state index >= 15 is 0 Å². The predicted octanol–water partition coefficient (Wildman–Crippen LogP) is 3.62. The third kappa shape index (κ3) is 3.71. The van der Waals surface area contributed by atoms with Crippen LogP contribution in [0.15, 0.2) is 41.3 Å². The second-order valence-corrected chi connectivity index (χ2v) is 5.45. The van der Waals surface area contributed by atoms with Crippen molar-refractivity contribution in [3.8, 4) is 11.5 Å². The van der Waals surface area contributed by atoms with E-state index in [4.69, 9.17) is 4.74 Å². The number of halogens is 1. The van der Waals surface area contributed by atoms with E-state index in [1.54, 1.807) is 7.11 Å². The highest BCUT2D eigenvalue weighted by atomic mass is 32.2. The standard InChI is InChI=1S/C16H15FO4S/c1-20-12-5-3-10(4-6-12)9-22-14-8-11(16(19)21-2)7-13(17)15(14)18/h3-8,18H,9H2,1-2H3. The minimum atomic E-state index is -0.847. The predicted molar refractivity (Wildman–Crippen MR) is 82.0 cm³/mol. The average molecular weight is 322 g/mol. The quantitative estimate of drug-likeness (QED) is 0.673. The maximum absolute atomic E-state index is 13.7. The van der Waals surface area contributed by atoms with Crippen molar-refractivity contribution in [1.82, 2.24) is 0 Å². The van der Waals surface area contributed by atoms with Gasteiger partial charge in [0, 0.05) is 5.75 Å². The van der Waals surface area contributed by atoms with Crippen LogP contribution in [0.4, 0.5) is 4.39 Å². The van der Waals surface area contributed by atoms with Gasteiger partial charge in [0.05, 0.1) is 24.7 Å². The summed E-state index contributed by atoms with van der Waals surface area (Å²) in [5.74, 6) is -0.700. The molecule has 1 N–H and O–H groups in total. The minimum Gasteiger partial charge on any atom is -0.504 e. The van der Waals surface area contributed by atoms with E-state index in [0.29, 0.717) is 5.75 Å². The molecule has 0 bridgehead atoms. The van der Waals surface area contributed by atoms with Crippen LogP contribution in [0.2, 0.25) is 0 Å². The van der Waals surface area contributed by atoms with Crippen molar-refractivity contribution in [3.63, 3.8) is 0 Å². The molecule has 0 aliphatic carbocycles. The van der Waals surface area contributed by atoms with Crippen LogP contribution < -0.4 is 4.74 Å². The van der Waals surface area contributed by atoms with Gasteiger partial charge in [-0.15, -0.1) is 11.8 Å². The molecule has 0 aromatic heterocycles. The second kappa shape index (κ2) is 7.17. The summed E-state index contributed by atoms with van der Waals surface area (Å²) >= 11 is 1.23. The van der Waals surface area contributed by atoms with Gasteiger partial charge in [-0.25, -0.2) is 9.18 Å². The van der Waals surface area contributed by atoms with Crippen molar-refractivity contribution in [2.24, 2.45) is 0 Å². The molecule has 0 aliphatic rings. The van der Waals surface area contributed by atoms with Crippen LogP contribution in [0.25, 0.3) is 0 Å². The molecule has 0 saturated carbocycles. The molecule has 116 valence electrons. The van der Waals surface area contributed by atoms with Gasteiger partial charge in [0.25, 0.3) is 0 Å². The molecule has 0 amide bonds. The summed E-state index contributed by atoms with van der Waals surface area (Å²) in [6, 6.07) is 9.77. The number of phenolic OH excluding ortho intramolecular Hbond substituents is 1. The number of thioether (sulfide) groups is 1. The van der Waals surface area contributed by atoms with E-state index in [-0.39, 0.29) is 10.5 Å². The molecule has 2 aromatic carbocycles. The highest BCUT2D eigenvalue weighted by Gasteiger charge is 2.15. The summed E-state index contributed by atoms with van der Waals surface area (Å²) in [6.07, 6.45) is 0. The SMILES string of the molecule is COC(=O)c1cc(F)c(O)c(SCc2ccc(OC)cc2)c1. The molecule has 0 heterocycles. The normalized spacial score (nSPS) is 10.3. The lowest BCUT2D eigenvalue weighted by Gasteiger charge is -2.08. The van der Waals surface area contributed by atoms with Crippen molar-refractivity contribution in [1.29, 1.82) is 0 Å². The number of esters is 1. The maximum Gasteiger partial charge on any atom is 0.337 e. The van der Waals surface area contributed by atoms with Gasteiger partial charge in [-0.05, 0) is 29.8 Å². The van der Waals surface area contributed by atoms with E-state index in [2.05, 4.69) is 4.74 Å². The van der Waals surface area contributed by atoms with E-state index in [9.17, 15) is 14.3 Å². The number of hydrogen-bond acceptors (Lipinski definition) is 5. The number of carbonyl (C=O) groups excluding carboxylic acids is 1. The molecule has 0 unspecified atom stereocenters. The molecule has 0 fully saturated rings. The monoisotopic (exact) mass is 322 g/mol. The van der Waals surface area contributed by atoms with Crippen molar-refractivity contribution in [2.75, 3.05) is 14.2 Å². The summed E-state index contributed by atoms with van der Waals surface area (Å²) in [5.41, 5.74) is 1.05. The summed E-state index contributed by atoms with van der Waals surface area (Å²) in [5, 5.41) is 9.77. The molecule has 0 aliphatic heterocycles. The number of phenols is 1. The topological polar surface area (TPSA) is 55.8 Å². The van der Waals surface area contributed by atoms with Crippen LogP contribution >= 0.6 is 11.8 Å². The van der Waals surface area contributed by atoms with E-state index < -0.39 is 17.5 Å². The van der Waals surface area contributed by atoms with Gasteiger partial charge in [-0.3, -0.25) is 0 Å². The smallest absolute Gasteiger partial charge is 0.337 e. The molecule has 2 aromatic rings. The fraction of sp³-hybridized carbons (Fsp3) is 0.188. The number of ether oxygens (including phenoxy) is 2. The Morgan fingerprint density at radius 2 is 1.91 bits per heavy atom. The zero-order valence-electron chi connectivity index (χ0n) is 12.1. The van der Waals surface area contributed by atoms with Crippen LogP contribution in [-0.4, -0.2) is 25.3 Å². The van der Waals surface area contributed by atoms with Gasteiger partial charge in [0.15, 0.2) is 11.6 Å². The molecule has 6 heteroatoms. The summed E-state index contributed by atoms with van der Waals surface area (Å²) in [6.45, 7) is 0. The van der Waals surface area contributed by atoms with Crippen molar-refractivity contribution in [3.05, 3.63) is 53.3 Å². The van der Waals surface area contributed by atoms with Crippen molar-refractivity contribution < 1.29 is 23.8 Å². The fourth-order valence-electron chi connectivity index (χ4n) is 1.80. The lowest BCUT2D eigenvalue weighted by atomic mass is 10.2. The Balaban J connectivity index is 2.17. The molecule has 4 nitrogen and oxygen atoms in total. The molecular formula is C16H15FO4S. The Morgan fingerprint density at radius 3 is 2.50 bits per heavy atom. The summed E-state index contributed by atoms with van der Waals surface area (Å²) in [7, 11) is 2.81. The number of aromatic hydroxyl groups is 1. The Kier molecular flexibility index (Phi) is 5.27. The van der Waals surface area contributed by atoms with Crippen LogP contribution in [0.3, 0.4) is 0 Å². The summed E-state index contributed by atoms with van der Waals surface area (Å²) in [4.78, 5) is 11.8. The third-order valence-electron chi connectivity index (χ3n) is 3.00. The Labute approximate surface area is 131 Å². The van der Waals surface area contributed by atoms with Gasteiger partial charge in [0.1, 0.15) is 5.75 Å². The van der Waals surface area contributed by atoms with Gasteiger partial charge >= 0.3 is 5.97 Å². The number of benzene rings is 2. The number of carbonyl (C=O) groups is 1. The van der Waals surface area contributed by atoms with Gasteiger partial charge in [-0.2, -0.15) is 0 Å². The highest BCUT2D eigenvalue weighted by Crippen LogP contribution is 2.34. The molecule has 0 atom stereocenters. The van der Waals surface area contributed by atoms with E-state index in [0.717, 1.165) is 17.4 Å². The first kappa shape index (κ1) is 16.2. The van der Waals surface area contributed by atoms with Crippen molar-refractivity contribution in [2.45, 2.75) is 10.6 Å². The Bertz CT molecular complexity index is 671. The Morgan fingerprint density at radius 1 is 1.23 bits per heavy atom. The second-order valence-electron chi connectivity index (χ2n) is 4.43. The number of rotatable bonds is 5. The van der Waals surface area contributed by atoms with Crippen molar-refractivity contribution >= 4 is 17.7 Å². The average Bonchev–Trinajstić information content (AvgIpc) is 2.55. The lowest BCUT2D eigenvalue weighted by molar-refractivity contribution is 0.0600. The Hall–Kier alpha value is -2.21. The van der Waals surface area contributed by atoms with Gasteiger partial charge in [-0.1, -0.05) is 12.1 Å². The van der Waals surface area contributed by atoms with Crippen LogP contribution in [0.5, 0.6) is 11.5 Å². The first-order valence-electron chi connectivity index (χ1n) is 6.41. The molecule has 2 rings (SSSR count). The molecule has 0 saturated heterocycles. The third-order valence-corrected chi connectivity index (χ3v) is 4.10. The van der Waals surface area contributed by atoms with Crippen LogP contribution in [-0.2, 0) is 10.5 Å². The molecular weight excluding hydrogens is 307 g/mol. The maximum atomic E-state index is 13.7. The lowest BCUT2D eigenvalue weighted by Crippen LogP contribution is -2.02. The highest BCUT2D eigenvalue weighted by molar-refractivity contribution is 7.98. The summed E-state index contributed by atoms with van der Waals surface area (Å²) < 4.78 is 23.3. The minimum absolute atomic E-state index is 0.0648. The first-order chi connectivity index (χ1) is 10.5. The zero-order chi connectivity index (χ0) is 16.1. The van der Waals surface area contributed by atoms with Gasteiger partial charge < -0.3 is 14.6 Å². The number of hydrogen-bond donors (Lipinski definition) is 1. The molecule has 0 radical (unpaired) electrons. The van der Waals surface area contributed by atoms with E-state index in [1.165, 1.54) is 24.9 Å². The van der Waals surface area contributed by atoms with Gasteiger partial charge in [0.2, 0.25) is 0 Å². The zero-order valence-corrected chi connectivity index (χ0v) is 12.9.